The van der Waals surface area contributed by atoms with Gasteiger partial charge in [0, 0.05) is 24.2 Å². The number of piperidine rings is 1. The number of nitrogens with zero attached hydrogens (tertiary/aromatic N) is 6. The van der Waals surface area contributed by atoms with Crippen molar-refractivity contribution in [2.75, 3.05) is 38.8 Å². The molecule has 10 nitrogen and oxygen atoms in total. The second-order valence-electron chi connectivity index (χ2n) is 10.3. The highest BCUT2D eigenvalue weighted by molar-refractivity contribution is 6.00. The summed E-state index contributed by atoms with van der Waals surface area (Å²) < 4.78 is 19.5. The Balaban J connectivity index is 1.55. The highest BCUT2D eigenvalue weighted by atomic mass is 19.1. The average Bonchev–Trinajstić information content (AvgIpc) is 3.18. The lowest BCUT2D eigenvalue weighted by atomic mass is 10.1. The van der Waals surface area contributed by atoms with Gasteiger partial charge in [-0.25, -0.2) is 31.1 Å². The Morgan fingerprint density at radius 1 is 1.00 bits per heavy atom. The first-order chi connectivity index (χ1) is 17.4. The first kappa shape index (κ1) is 26.7. The first-order valence-electron chi connectivity index (χ1n) is 13.1. The third-order valence-corrected chi connectivity index (χ3v) is 7.67. The van der Waals surface area contributed by atoms with Crippen LogP contribution in [-0.2, 0) is 0 Å². The van der Waals surface area contributed by atoms with Crippen LogP contribution in [0.3, 0.4) is 0 Å². The van der Waals surface area contributed by atoms with Crippen LogP contribution in [0.1, 0.15) is 57.8 Å². The van der Waals surface area contributed by atoms with Crippen molar-refractivity contribution in [3.8, 4) is 5.75 Å². The predicted octanol–water partition coefficient (Wildman–Crippen LogP) is 2.21. The monoisotopic (exact) mass is 503 g/mol. The lowest BCUT2D eigenvalue weighted by Gasteiger charge is -2.38. The smallest absolute Gasteiger partial charge is 0.237 e. The molecule has 1 atom stereocenters. The van der Waals surface area contributed by atoms with E-state index in [1.54, 1.807) is 17.1 Å². The molecule has 1 unspecified atom stereocenters. The molecule has 2 heterocycles. The number of aliphatic imine (C=N–C) groups is 2. The standard InChI is InChI=1S/C25H42FN9O/c1-32-13-11-20(12-14-32)35(29)25-30-18(17-33(27)19-7-5-3-4-6-8-19)15-24(31-25)34(28)21-9-10-23(36-2)22(26)16-21/h9-10,16,19-20,24H,3-8,11-15,17,27-29H2,1-2H3. The van der Waals surface area contributed by atoms with Gasteiger partial charge in [-0.15, -0.1) is 0 Å². The second kappa shape index (κ2) is 12.3. The van der Waals surface area contributed by atoms with Crippen molar-refractivity contribution in [2.24, 2.45) is 27.5 Å². The molecule has 0 radical (unpaired) electrons. The Morgan fingerprint density at radius 2 is 1.69 bits per heavy atom. The molecule has 0 amide bonds. The van der Waals surface area contributed by atoms with Gasteiger partial charge in [-0.3, -0.25) is 15.9 Å². The third-order valence-electron chi connectivity index (χ3n) is 7.67. The summed E-state index contributed by atoms with van der Waals surface area (Å²) in [6, 6.07) is 5.12. The number of hydrogen-bond donors (Lipinski definition) is 3. The molecule has 4 rings (SSSR count). The molecule has 0 aromatic heterocycles. The summed E-state index contributed by atoms with van der Waals surface area (Å²) in [4.78, 5) is 12.0. The van der Waals surface area contributed by atoms with Crippen molar-refractivity contribution in [1.29, 1.82) is 0 Å². The quantitative estimate of drug-likeness (QED) is 0.294. The number of hydrogen-bond acceptors (Lipinski definition) is 10. The van der Waals surface area contributed by atoms with Gasteiger partial charge in [0.15, 0.2) is 11.6 Å². The summed E-state index contributed by atoms with van der Waals surface area (Å²) in [6.07, 6.45) is 8.99. The average molecular weight is 504 g/mol. The van der Waals surface area contributed by atoms with Gasteiger partial charge in [-0.2, -0.15) is 0 Å². The zero-order valence-corrected chi connectivity index (χ0v) is 21.7. The lowest BCUT2D eigenvalue weighted by Crippen LogP contribution is -2.53. The number of benzene rings is 1. The van der Waals surface area contributed by atoms with E-state index >= 15 is 0 Å². The molecule has 0 bridgehead atoms. The Hall–Kier alpha value is -2.31. The summed E-state index contributed by atoms with van der Waals surface area (Å²) in [5, 5.41) is 5.09. The third kappa shape index (κ3) is 6.51. The van der Waals surface area contributed by atoms with E-state index in [1.165, 1.54) is 43.9 Å². The van der Waals surface area contributed by atoms with Crippen LogP contribution < -0.4 is 27.3 Å². The number of methoxy groups -OCH3 is 1. The molecule has 3 aliphatic rings. The Bertz CT molecular complexity index is 926. The number of guanidine groups is 1. The van der Waals surface area contributed by atoms with Crippen molar-refractivity contribution in [3.63, 3.8) is 0 Å². The van der Waals surface area contributed by atoms with E-state index in [1.807, 2.05) is 5.01 Å². The SMILES string of the molecule is COc1ccc(N(N)C2CC(CN(N)C3CCCCCC3)=NC(N(N)C3CCN(C)CC3)=N2)cc1F. The van der Waals surface area contributed by atoms with Gasteiger partial charge in [-0.1, -0.05) is 25.7 Å². The topological polar surface area (TPSA) is 125 Å². The number of ether oxygens (including phenoxy) is 1. The van der Waals surface area contributed by atoms with Gasteiger partial charge in [0.2, 0.25) is 5.96 Å². The van der Waals surface area contributed by atoms with Crippen LogP contribution in [0.25, 0.3) is 0 Å². The maximum absolute atomic E-state index is 14.4. The number of nitrogens with two attached hydrogens (primary N) is 3. The Kier molecular flexibility index (Phi) is 9.13. The van der Waals surface area contributed by atoms with E-state index in [2.05, 4.69) is 11.9 Å². The molecule has 1 aromatic carbocycles. The van der Waals surface area contributed by atoms with Gasteiger partial charge < -0.3 is 9.64 Å². The first-order valence-corrected chi connectivity index (χ1v) is 13.1. The van der Waals surface area contributed by atoms with E-state index in [4.69, 9.17) is 32.2 Å². The maximum Gasteiger partial charge on any atom is 0.237 e. The molecule has 1 aliphatic carbocycles. The van der Waals surface area contributed by atoms with Gasteiger partial charge >= 0.3 is 0 Å². The van der Waals surface area contributed by atoms with Crippen LogP contribution in [-0.4, -0.2) is 78.6 Å². The molecule has 0 spiro atoms. The van der Waals surface area contributed by atoms with Crippen molar-refractivity contribution in [1.82, 2.24) is 14.9 Å². The summed E-state index contributed by atoms with van der Waals surface area (Å²) in [7, 11) is 3.55. The van der Waals surface area contributed by atoms with Gasteiger partial charge in [0.25, 0.3) is 0 Å². The molecule has 11 heteroatoms. The van der Waals surface area contributed by atoms with E-state index in [9.17, 15) is 4.39 Å². The summed E-state index contributed by atoms with van der Waals surface area (Å²) in [5.74, 6) is 19.8. The number of halogens is 1. The zero-order valence-electron chi connectivity index (χ0n) is 21.7. The Labute approximate surface area is 213 Å². The number of likely N-dealkylation sites (tertiary alicyclic amines) is 1. The largest absolute Gasteiger partial charge is 0.494 e. The maximum atomic E-state index is 14.4. The van der Waals surface area contributed by atoms with Gasteiger partial charge in [0.1, 0.15) is 6.17 Å². The summed E-state index contributed by atoms with van der Waals surface area (Å²) >= 11 is 0. The number of rotatable bonds is 7. The summed E-state index contributed by atoms with van der Waals surface area (Å²) in [6.45, 7) is 2.46. The van der Waals surface area contributed by atoms with Crippen LogP contribution in [0, 0.1) is 5.82 Å². The minimum atomic E-state index is -0.486. The van der Waals surface area contributed by atoms with E-state index in [0.29, 0.717) is 30.7 Å². The minimum absolute atomic E-state index is 0.143. The fraction of sp³-hybridized carbons (Fsp3) is 0.680. The van der Waals surface area contributed by atoms with Crippen LogP contribution in [0.2, 0.25) is 0 Å². The molecular weight excluding hydrogens is 461 g/mol. The van der Waals surface area contributed by atoms with Crippen molar-refractivity contribution in [3.05, 3.63) is 24.0 Å². The molecular formula is C25H42FN9O. The molecule has 1 aromatic rings. The van der Waals surface area contributed by atoms with Crippen LogP contribution in [0.5, 0.6) is 5.75 Å². The van der Waals surface area contributed by atoms with E-state index in [-0.39, 0.29) is 11.8 Å². The number of anilines is 1. The normalized spacial score (nSPS) is 22.7. The lowest BCUT2D eigenvalue weighted by molar-refractivity contribution is 0.175. The number of hydrazine groups is 3. The highest BCUT2D eigenvalue weighted by Crippen LogP contribution is 2.26. The van der Waals surface area contributed by atoms with Gasteiger partial charge in [0.05, 0.1) is 25.4 Å². The highest BCUT2D eigenvalue weighted by Gasteiger charge is 2.30. The van der Waals surface area contributed by atoms with Crippen LogP contribution in [0.15, 0.2) is 28.2 Å². The molecule has 1 saturated heterocycles. The Morgan fingerprint density at radius 3 is 2.33 bits per heavy atom. The zero-order chi connectivity index (χ0) is 25.7. The predicted molar refractivity (Wildman–Crippen MR) is 142 cm³/mol. The van der Waals surface area contributed by atoms with Crippen molar-refractivity contribution >= 4 is 17.4 Å². The van der Waals surface area contributed by atoms with E-state index < -0.39 is 12.0 Å². The molecule has 1 saturated carbocycles. The molecule has 2 aliphatic heterocycles. The molecule has 6 N–H and O–H groups in total. The molecule has 2 fully saturated rings. The minimum Gasteiger partial charge on any atom is -0.494 e. The molecule has 36 heavy (non-hydrogen) atoms. The second-order valence-corrected chi connectivity index (χ2v) is 10.3. The van der Waals surface area contributed by atoms with Crippen molar-refractivity contribution in [2.45, 2.75) is 76.0 Å². The van der Waals surface area contributed by atoms with Crippen LogP contribution >= 0.6 is 0 Å². The fourth-order valence-corrected chi connectivity index (χ4v) is 5.34. The van der Waals surface area contributed by atoms with Crippen molar-refractivity contribution < 1.29 is 9.13 Å². The fourth-order valence-electron chi connectivity index (χ4n) is 5.34. The van der Waals surface area contributed by atoms with Crippen LogP contribution in [0.4, 0.5) is 10.1 Å². The van der Waals surface area contributed by atoms with Gasteiger partial charge in [-0.05, 0) is 58.0 Å². The van der Waals surface area contributed by atoms with E-state index in [0.717, 1.165) is 44.5 Å². The summed E-state index contributed by atoms with van der Waals surface area (Å²) in [5.41, 5.74) is 1.38. The molecule has 200 valence electrons.